The summed E-state index contributed by atoms with van der Waals surface area (Å²) in [6, 6.07) is 9.39. The van der Waals surface area contributed by atoms with E-state index in [9.17, 15) is 0 Å². The molecule has 0 atom stereocenters. The molecule has 74 valence electrons. The van der Waals surface area contributed by atoms with E-state index >= 15 is 0 Å². The van der Waals surface area contributed by atoms with Gasteiger partial charge in [-0.3, -0.25) is 0 Å². The third-order valence-corrected chi connectivity index (χ3v) is 2.90. The zero-order chi connectivity index (χ0) is 10.8. The Balaban J connectivity index is 2.78. The third-order valence-electron chi connectivity index (χ3n) is 2.23. The molecule has 0 unspecified atom stereocenters. The molecule has 0 aliphatic carbocycles. The van der Waals surface area contributed by atoms with Gasteiger partial charge in [0.1, 0.15) is 5.40 Å². The van der Waals surface area contributed by atoms with Gasteiger partial charge in [0.05, 0.1) is 5.69 Å². The maximum Gasteiger partial charge on any atom is 0.138 e. The van der Waals surface area contributed by atoms with Gasteiger partial charge in [-0.2, -0.15) is 5.26 Å². The first-order valence-electron chi connectivity index (χ1n) is 4.36. The van der Waals surface area contributed by atoms with Gasteiger partial charge in [0.2, 0.25) is 0 Å². The van der Waals surface area contributed by atoms with Crippen molar-refractivity contribution >= 4 is 33.9 Å². The van der Waals surface area contributed by atoms with Crippen LogP contribution in [0, 0.1) is 10.7 Å². The minimum absolute atomic E-state index is 0.581. The van der Waals surface area contributed by atoms with Crippen LogP contribution in [0.3, 0.4) is 0 Å². The Morgan fingerprint density at radius 1 is 1.13 bits per heavy atom. The van der Waals surface area contributed by atoms with E-state index < -0.39 is 0 Å². The number of fused-ring (bicyclic) bond motifs is 1. The van der Waals surface area contributed by atoms with Gasteiger partial charge in [-0.05, 0) is 29.3 Å². The SMILES string of the molecule is N#CSc1ccc2cccc(N)c2c1N. The van der Waals surface area contributed by atoms with Gasteiger partial charge in [-0.1, -0.05) is 18.2 Å². The van der Waals surface area contributed by atoms with Crippen LogP contribution in [-0.4, -0.2) is 0 Å². The highest BCUT2D eigenvalue weighted by Gasteiger charge is 2.06. The predicted molar refractivity (Wildman–Crippen MR) is 64.2 cm³/mol. The standard InChI is InChI=1S/C11H9N3S/c12-6-15-9-5-4-7-2-1-3-8(13)10(7)11(9)14/h1-5H,13-14H2. The molecule has 0 saturated heterocycles. The van der Waals surface area contributed by atoms with Crippen LogP contribution >= 0.6 is 11.8 Å². The fourth-order valence-electron chi connectivity index (χ4n) is 1.56. The minimum Gasteiger partial charge on any atom is -0.398 e. The van der Waals surface area contributed by atoms with Crippen LogP contribution in [0.1, 0.15) is 0 Å². The molecule has 2 rings (SSSR count). The van der Waals surface area contributed by atoms with Crippen molar-refractivity contribution in [1.29, 1.82) is 5.26 Å². The molecule has 0 aliphatic heterocycles. The summed E-state index contributed by atoms with van der Waals surface area (Å²) in [7, 11) is 0. The number of nitrogen functional groups attached to an aromatic ring is 2. The van der Waals surface area contributed by atoms with Gasteiger partial charge in [0, 0.05) is 16.0 Å². The van der Waals surface area contributed by atoms with Crippen LogP contribution in [0.25, 0.3) is 10.8 Å². The molecule has 4 heteroatoms. The van der Waals surface area contributed by atoms with E-state index in [1.54, 1.807) is 6.07 Å². The van der Waals surface area contributed by atoms with Crippen molar-refractivity contribution in [2.45, 2.75) is 4.90 Å². The molecule has 0 radical (unpaired) electrons. The van der Waals surface area contributed by atoms with Gasteiger partial charge < -0.3 is 11.5 Å². The molecule has 0 aromatic heterocycles. The van der Waals surface area contributed by atoms with E-state index in [0.717, 1.165) is 27.4 Å². The number of benzene rings is 2. The number of hydrogen-bond donors (Lipinski definition) is 2. The number of thioether (sulfide) groups is 1. The van der Waals surface area contributed by atoms with Crippen LogP contribution in [0.4, 0.5) is 11.4 Å². The maximum atomic E-state index is 8.61. The first-order chi connectivity index (χ1) is 7.24. The lowest BCUT2D eigenvalue weighted by Gasteiger charge is -2.07. The number of anilines is 2. The van der Waals surface area contributed by atoms with E-state index in [-0.39, 0.29) is 0 Å². The number of hydrogen-bond acceptors (Lipinski definition) is 4. The van der Waals surface area contributed by atoms with E-state index in [2.05, 4.69) is 0 Å². The number of nitrogens with zero attached hydrogens (tertiary/aromatic N) is 1. The van der Waals surface area contributed by atoms with Crippen LogP contribution < -0.4 is 11.5 Å². The Hall–Kier alpha value is -1.86. The second kappa shape index (κ2) is 3.71. The Morgan fingerprint density at radius 2 is 1.93 bits per heavy atom. The molecule has 2 aromatic carbocycles. The molecular weight excluding hydrogens is 206 g/mol. The average Bonchev–Trinajstić information content (AvgIpc) is 2.22. The van der Waals surface area contributed by atoms with E-state index in [0.29, 0.717) is 11.4 Å². The Morgan fingerprint density at radius 3 is 2.67 bits per heavy atom. The normalized spacial score (nSPS) is 10.1. The molecule has 0 heterocycles. The molecule has 0 saturated carbocycles. The molecule has 0 spiro atoms. The monoisotopic (exact) mass is 215 g/mol. The van der Waals surface area contributed by atoms with Crippen molar-refractivity contribution in [3.05, 3.63) is 30.3 Å². The predicted octanol–water partition coefficient (Wildman–Crippen LogP) is 2.58. The Labute approximate surface area is 91.7 Å². The maximum absolute atomic E-state index is 8.61. The van der Waals surface area contributed by atoms with Crippen molar-refractivity contribution in [3.63, 3.8) is 0 Å². The molecule has 0 fully saturated rings. The zero-order valence-electron chi connectivity index (χ0n) is 7.90. The molecule has 0 aliphatic rings. The van der Waals surface area contributed by atoms with Gasteiger partial charge in [0.15, 0.2) is 0 Å². The van der Waals surface area contributed by atoms with Crippen LogP contribution in [0.5, 0.6) is 0 Å². The van der Waals surface area contributed by atoms with Gasteiger partial charge >= 0.3 is 0 Å². The number of nitrogens with two attached hydrogens (primary N) is 2. The van der Waals surface area contributed by atoms with Crippen molar-refractivity contribution in [2.75, 3.05) is 11.5 Å². The van der Waals surface area contributed by atoms with Crippen molar-refractivity contribution < 1.29 is 0 Å². The largest absolute Gasteiger partial charge is 0.398 e. The third kappa shape index (κ3) is 1.58. The topological polar surface area (TPSA) is 75.8 Å². The number of nitriles is 1. The summed E-state index contributed by atoms with van der Waals surface area (Å²) in [6.45, 7) is 0. The molecular formula is C11H9N3S. The molecule has 3 nitrogen and oxygen atoms in total. The summed E-state index contributed by atoms with van der Waals surface area (Å²) in [5, 5.41) is 12.4. The highest BCUT2D eigenvalue weighted by molar-refractivity contribution is 8.03. The van der Waals surface area contributed by atoms with Crippen LogP contribution in [0.15, 0.2) is 35.2 Å². The molecule has 0 bridgehead atoms. The van der Waals surface area contributed by atoms with Gasteiger partial charge in [0.25, 0.3) is 0 Å². The van der Waals surface area contributed by atoms with Crippen molar-refractivity contribution in [1.82, 2.24) is 0 Å². The van der Waals surface area contributed by atoms with Gasteiger partial charge in [-0.25, -0.2) is 0 Å². The number of rotatable bonds is 1. The fourth-order valence-corrected chi connectivity index (χ4v) is 2.00. The lowest BCUT2D eigenvalue weighted by Crippen LogP contribution is -1.94. The smallest absolute Gasteiger partial charge is 0.138 e. The van der Waals surface area contributed by atoms with E-state index in [1.165, 1.54) is 0 Å². The van der Waals surface area contributed by atoms with Crippen LogP contribution in [0.2, 0.25) is 0 Å². The van der Waals surface area contributed by atoms with Crippen molar-refractivity contribution in [2.24, 2.45) is 0 Å². The first kappa shape index (κ1) is 9.69. The molecule has 15 heavy (non-hydrogen) atoms. The summed E-state index contributed by atoms with van der Waals surface area (Å²) in [5.74, 6) is 0. The summed E-state index contributed by atoms with van der Waals surface area (Å²) in [6.07, 6.45) is 0. The highest BCUT2D eigenvalue weighted by atomic mass is 32.2. The van der Waals surface area contributed by atoms with Gasteiger partial charge in [-0.15, -0.1) is 0 Å². The Bertz CT molecular complexity index is 557. The summed E-state index contributed by atoms with van der Waals surface area (Å²) in [4.78, 5) is 0.753. The van der Waals surface area contributed by atoms with E-state index in [1.807, 2.05) is 29.7 Å². The highest BCUT2D eigenvalue weighted by Crippen LogP contribution is 2.34. The second-order valence-electron chi connectivity index (χ2n) is 3.12. The lowest BCUT2D eigenvalue weighted by atomic mass is 10.1. The zero-order valence-corrected chi connectivity index (χ0v) is 8.71. The molecule has 0 amide bonds. The summed E-state index contributed by atoms with van der Waals surface area (Å²) in [5.41, 5.74) is 13.0. The van der Waals surface area contributed by atoms with Crippen LogP contribution in [-0.2, 0) is 0 Å². The number of thiocyanates is 1. The molecule has 4 N–H and O–H groups in total. The molecule has 2 aromatic rings. The fraction of sp³-hybridized carbons (Fsp3) is 0. The van der Waals surface area contributed by atoms with Crippen molar-refractivity contribution in [3.8, 4) is 5.40 Å². The summed E-state index contributed by atoms with van der Waals surface area (Å²) >= 11 is 1.05. The second-order valence-corrected chi connectivity index (χ2v) is 3.94. The minimum atomic E-state index is 0.581. The lowest BCUT2D eigenvalue weighted by molar-refractivity contribution is 1.50. The Kier molecular flexibility index (Phi) is 2.40. The quantitative estimate of drug-likeness (QED) is 0.435. The van der Waals surface area contributed by atoms with E-state index in [4.69, 9.17) is 16.7 Å². The average molecular weight is 215 g/mol. The summed E-state index contributed by atoms with van der Waals surface area (Å²) < 4.78 is 0. The first-order valence-corrected chi connectivity index (χ1v) is 5.18.